The molecule has 0 N–H and O–H groups in total. The van der Waals surface area contributed by atoms with Gasteiger partial charge in [-0.25, -0.2) is 0 Å². The van der Waals surface area contributed by atoms with Crippen LogP contribution in [0, 0.1) is 11.8 Å². The number of esters is 1. The van der Waals surface area contributed by atoms with E-state index in [9.17, 15) is 4.79 Å². The van der Waals surface area contributed by atoms with Crippen LogP contribution in [0.5, 0.6) is 11.5 Å². The monoisotopic (exact) mass is 234 g/mol. The van der Waals surface area contributed by atoms with Crippen molar-refractivity contribution in [3.8, 4) is 23.3 Å². The molecule has 0 aliphatic heterocycles. The van der Waals surface area contributed by atoms with Crippen LogP contribution >= 0.6 is 0 Å². The highest BCUT2D eigenvalue weighted by Crippen LogP contribution is 2.21. The minimum atomic E-state index is -0.354. The summed E-state index contributed by atoms with van der Waals surface area (Å²) in [5, 5.41) is 0. The second-order valence-electron chi connectivity index (χ2n) is 3.16. The first-order valence-corrected chi connectivity index (χ1v) is 4.98. The molecule has 0 atom stereocenters. The molecule has 0 aliphatic rings. The molecule has 0 radical (unpaired) electrons. The molecule has 1 rings (SSSR count). The number of methoxy groups -OCH3 is 3. The van der Waals surface area contributed by atoms with Gasteiger partial charge in [0.2, 0.25) is 0 Å². The lowest BCUT2D eigenvalue weighted by Gasteiger charge is -2.04. The molecule has 4 heteroatoms. The van der Waals surface area contributed by atoms with Gasteiger partial charge in [0.25, 0.3) is 0 Å². The van der Waals surface area contributed by atoms with Gasteiger partial charge in [-0.05, 0) is 12.1 Å². The first kappa shape index (κ1) is 12.9. The van der Waals surface area contributed by atoms with Gasteiger partial charge in [0, 0.05) is 11.6 Å². The highest BCUT2D eigenvalue weighted by molar-refractivity contribution is 5.72. The lowest BCUT2D eigenvalue weighted by Crippen LogP contribution is -1.97. The van der Waals surface area contributed by atoms with Gasteiger partial charge in [-0.15, -0.1) is 0 Å². The zero-order valence-corrected chi connectivity index (χ0v) is 10.1. The highest BCUT2D eigenvalue weighted by atomic mass is 16.5. The summed E-state index contributed by atoms with van der Waals surface area (Å²) in [5.74, 6) is 6.53. The van der Waals surface area contributed by atoms with Crippen LogP contribution < -0.4 is 9.47 Å². The minimum absolute atomic E-state index is 0.0655. The Morgan fingerprint density at radius 1 is 1.12 bits per heavy atom. The zero-order valence-electron chi connectivity index (χ0n) is 10.1. The molecule has 0 spiro atoms. The molecule has 4 nitrogen and oxygen atoms in total. The van der Waals surface area contributed by atoms with Gasteiger partial charge in [0.15, 0.2) is 0 Å². The summed E-state index contributed by atoms with van der Waals surface area (Å²) in [6.07, 6.45) is 0.0655. The van der Waals surface area contributed by atoms with Crippen molar-refractivity contribution in [2.24, 2.45) is 0 Å². The third-order valence-electron chi connectivity index (χ3n) is 2.04. The molecule has 0 saturated heterocycles. The summed E-state index contributed by atoms with van der Waals surface area (Å²) < 4.78 is 14.7. The Balaban J connectivity index is 2.86. The standard InChI is InChI=1S/C13H14O4/c1-15-11-7-10(8-12(9-11)16-2)5-4-6-13(14)17-3/h7-9H,6H2,1-3H3. The maximum absolute atomic E-state index is 10.9. The molecule has 0 amide bonds. The van der Waals surface area contributed by atoms with Gasteiger partial charge >= 0.3 is 5.97 Å². The third kappa shape index (κ3) is 4.07. The molecule has 0 aliphatic carbocycles. The number of hydrogen-bond donors (Lipinski definition) is 0. The molecule has 0 saturated carbocycles. The highest BCUT2D eigenvalue weighted by Gasteiger charge is 1.99. The summed E-state index contributed by atoms with van der Waals surface area (Å²) in [6.45, 7) is 0. The van der Waals surface area contributed by atoms with Crippen molar-refractivity contribution >= 4 is 5.97 Å². The van der Waals surface area contributed by atoms with Crippen LogP contribution in [0.2, 0.25) is 0 Å². The Morgan fingerprint density at radius 2 is 1.71 bits per heavy atom. The van der Waals surface area contributed by atoms with Crippen LogP contribution in [0.15, 0.2) is 18.2 Å². The van der Waals surface area contributed by atoms with E-state index in [0.29, 0.717) is 11.5 Å². The fourth-order valence-corrected chi connectivity index (χ4v) is 1.17. The van der Waals surface area contributed by atoms with Crippen molar-refractivity contribution < 1.29 is 19.0 Å². The van der Waals surface area contributed by atoms with E-state index < -0.39 is 0 Å². The number of rotatable bonds is 3. The Morgan fingerprint density at radius 3 is 2.18 bits per heavy atom. The van der Waals surface area contributed by atoms with Crippen molar-refractivity contribution in [1.29, 1.82) is 0 Å². The molecule has 90 valence electrons. The Bertz CT molecular complexity index is 432. The van der Waals surface area contributed by atoms with E-state index in [4.69, 9.17) is 9.47 Å². The van der Waals surface area contributed by atoms with Crippen LogP contribution in [0.3, 0.4) is 0 Å². The van der Waals surface area contributed by atoms with E-state index in [1.54, 1.807) is 32.4 Å². The predicted octanol–water partition coefficient (Wildman–Crippen LogP) is 1.62. The summed E-state index contributed by atoms with van der Waals surface area (Å²) >= 11 is 0. The number of carbonyl (C=O) groups excluding carboxylic acids is 1. The third-order valence-corrected chi connectivity index (χ3v) is 2.04. The molecule has 0 fully saturated rings. The van der Waals surface area contributed by atoms with Crippen molar-refractivity contribution in [3.05, 3.63) is 23.8 Å². The zero-order chi connectivity index (χ0) is 12.7. The number of ether oxygens (including phenoxy) is 3. The fourth-order valence-electron chi connectivity index (χ4n) is 1.17. The van der Waals surface area contributed by atoms with Gasteiger partial charge in [0.05, 0.1) is 21.3 Å². The number of carbonyl (C=O) groups is 1. The number of hydrogen-bond acceptors (Lipinski definition) is 4. The Kier molecular flexibility index (Phi) is 4.89. The first-order valence-electron chi connectivity index (χ1n) is 4.98. The van der Waals surface area contributed by atoms with Gasteiger partial charge in [-0.3, -0.25) is 4.79 Å². The summed E-state index contributed by atoms with van der Waals surface area (Å²) in [7, 11) is 4.47. The lowest BCUT2D eigenvalue weighted by atomic mass is 10.2. The van der Waals surface area contributed by atoms with E-state index in [2.05, 4.69) is 16.6 Å². The average Bonchev–Trinajstić information content (AvgIpc) is 2.37. The SMILES string of the molecule is COC(=O)CC#Cc1cc(OC)cc(OC)c1. The van der Waals surface area contributed by atoms with Crippen molar-refractivity contribution in [2.75, 3.05) is 21.3 Å². The van der Waals surface area contributed by atoms with Crippen molar-refractivity contribution in [3.63, 3.8) is 0 Å². The molecule has 1 aromatic carbocycles. The van der Waals surface area contributed by atoms with Gasteiger partial charge in [0.1, 0.15) is 17.9 Å². The molecular weight excluding hydrogens is 220 g/mol. The first-order chi connectivity index (χ1) is 8.19. The molecule has 1 aromatic rings. The summed E-state index contributed by atoms with van der Waals surface area (Å²) in [5.41, 5.74) is 0.727. The summed E-state index contributed by atoms with van der Waals surface area (Å²) in [6, 6.07) is 5.30. The largest absolute Gasteiger partial charge is 0.497 e. The van der Waals surface area contributed by atoms with Crippen LogP contribution in [0.25, 0.3) is 0 Å². The fraction of sp³-hybridized carbons (Fsp3) is 0.308. The molecule has 0 aromatic heterocycles. The van der Waals surface area contributed by atoms with E-state index >= 15 is 0 Å². The molecule has 0 unspecified atom stereocenters. The maximum Gasteiger partial charge on any atom is 0.317 e. The quantitative estimate of drug-likeness (QED) is 0.589. The molecule has 17 heavy (non-hydrogen) atoms. The normalized spacial score (nSPS) is 8.88. The minimum Gasteiger partial charge on any atom is -0.497 e. The lowest BCUT2D eigenvalue weighted by molar-refractivity contribution is -0.139. The topological polar surface area (TPSA) is 44.8 Å². The Labute approximate surface area is 100 Å². The van der Waals surface area contributed by atoms with E-state index in [-0.39, 0.29) is 12.4 Å². The average molecular weight is 234 g/mol. The molecule has 0 bridgehead atoms. The Hall–Kier alpha value is -2.15. The molecular formula is C13H14O4. The van der Waals surface area contributed by atoms with Crippen LogP contribution in [0.4, 0.5) is 0 Å². The van der Waals surface area contributed by atoms with E-state index in [1.165, 1.54) is 7.11 Å². The smallest absolute Gasteiger partial charge is 0.317 e. The predicted molar refractivity (Wildman–Crippen MR) is 63.1 cm³/mol. The second kappa shape index (κ2) is 6.44. The van der Waals surface area contributed by atoms with Gasteiger partial charge in [-0.1, -0.05) is 11.8 Å². The van der Waals surface area contributed by atoms with E-state index in [1.807, 2.05) is 0 Å². The summed E-state index contributed by atoms with van der Waals surface area (Å²) in [4.78, 5) is 10.9. The van der Waals surface area contributed by atoms with Crippen LogP contribution in [-0.2, 0) is 9.53 Å². The van der Waals surface area contributed by atoms with Crippen molar-refractivity contribution in [1.82, 2.24) is 0 Å². The van der Waals surface area contributed by atoms with Gasteiger partial charge in [-0.2, -0.15) is 0 Å². The van der Waals surface area contributed by atoms with Crippen LogP contribution in [0.1, 0.15) is 12.0 Å². The maximum atomic E-state index is 10.9. The van der Waals surface area contributed by atoms with Gasteiger partial charge < -0.3 is 14.2 Å². The number of benzene rings is 1. The second-order valence-corrected chi connectivity index (χ2v) is 3.16. The van der Waals surface area contributed by atoms with Crippen LogP contribution in [-0.4, -0.2) is 27.3 Å². The molecule has 0 heterocycles. The van der Waals surface area contributed by atoms with E-state index in [0.717, 1.165) is 5.56 Å². The van der Waals surface area contributed by atoms with Crippen molar-refractivity contribution in [2.45, 2.75) is 6.42 Å².